The molecule has 0 aliphatic heterocycles. The summed E-state index contributed by atoms with van der Waals surface area (Å²) >= 11 is 0. The number of carbonyl (C=O) groups is 4. The maximum Gasteiger partial charge on any atom is 2.00 e. The number of carboxylic acid groups (broad SMARTS) is 2. The van der Waals surface area contributed by atoms with Gasteiger partial charge in [-0.1, -0.05) is 0 Å². The summed E-state index contributed by atoms with van der Waals surface area (Å²) in [7, 11) is 0. The molecule has 125 valence electrons. The van der Waals surface area contributed by atoms with Crippen LogP contribution in [0.2, 0.25) is 0 Å². The van der Waals surface area contributed by atoms with Crippen LogP contribution in [0.1, 0.15) is 39.5 Å². The van der Waals surface area contributed by atoms with E-state index in [9.17, 15) is 29.4 Å². The summed E-state index contributed by atoms with van der Waals surface area (Å²) in [6, 6.07) is 0. The molecule has 0 aliphatic carbocycles. The number of aliphatic carboxylic acids is 2. The van der Waals surface area contributed by atoms with Gasteiger partial charge in [-0.2, -0.15) is 0 Å². The fraction of sp³-hybridized carbons (Fsp3) is 0.667. The van der Waals surface area contributed by atoms with Gasteiger partial charge in [0.2, 0.25) is 0 Å². The van der Waals surface area contributed by atoms with Crippen LogP contribution in [-0.4, -0.2) is 37.1 Å². The Kier molecular flexibility index (Phi) is 19.1. The molecule has 0 N–H and O–H groups in total. The van der Waals surface area contributed by atoms with E-state index in [0.29, 0.717) is 0 Å². The van der Waals surface area contributed by atoms with Crippen molar-refractivity contribution in [3.8, 4) is 0 Å². The average Bonchev–Trinajstić information content (AvgIpc) is 2.35. The molecule has 0 aromatic heterocycles. The second-order valence-corrected chi connectivity index (χ2v) is 3.35. The van der Waals surface area contributed by atoms with Crippen LogP contribution in [0.15, 0.2) is 0 Å². The zero-order valence-corrected chi connectivity index (χ0v) is 12.8. The molecule has 0 aromatic carbocycles. The van der Waals surface area contributed by atoms with Crippen molar-refractivity contribution in [2.24, 2.45) is 0 Å². The third-order valence-corrected chi connectivity index (χ3v) is 1.68. The van der Waals surface area contributed by atoms with Crippen LogP contribution in [0.3, 0.4) is 0 Å². The fourth-order valence-electron chi connectivity index (χ4n) is 0.875. The van der Waals surface area contributed by atoms with E-state index in [4.69, 9.17) is 0 Å². The Morgan fingerprint density at radius 1 is 0.714 bits per heavy atom. The molecule has 8 nitrogen and oxygen atoms in total. The largest absolute Gasteiger partial charge is 2.00 e. The first-order chi connectivity index (χ1) is 9.33. The monoisotopic (exact) mass is 353 g/mol. The Morgan fingerprint density at radius 3 is 1.19 bits per heavy atom. The van der Waals surface area contributed by atoms with Crippen LogP contribution < -0.4 is 10.2 Å². The Hall–Kier alpha value is -1.60. The van der Waals surface area contributed by atoms with Crippen molar-refractivity contribution in [1.29, 1.82) is 0 Å². The first-order valence-electron chi connectivity index (χ1n) is 6.04. The molecular formula is C12H18CuO8. The van der Waals surface area contributed by atoms with E-state index in [1.807, 2.05) is 0 Å². The fourth-order valence-corrected chi connectivity index (χ4v) is 0.875. The van der Waals surface area contributed by atoms with Crippen molar-refractivity contribution in [1.82, 2.24) is 0 Å². The number of carboxylic acids is 2. The van der Waals surface area contributed by atoms with Crippen molar-refractivity contribution >= 4 is 23.9 Å². The minimum atomic E-state index is -1.23. The maximum atomic E-state index is 10.4. The predicted octanol–water partition coefficient (Wildman–Crippen LogP) is -1.84. The normalized spacial score (nSPS) is 8.48. The van der Waals surface area contributed by atoms with E-state index < -0.39 is 23.9 Å². The molecule has 0 saturated carbocycles. The van der Waals surface area contributed by atoms with Crippen LogP contribution >= 0.6 is 0 Å². The van der Waals surface area contributed by atoms with Gasteiger partial charge in [0.1, 0.15) is 0 Å². The number of hydrogen-bond donors (Lipinski definition) is 0. The molecule has 0 saturated heterocycles. The van der Waals surface area contributed by atoms with Crippen molar-refractivity contribution in [3.63, 3.8) is 0 Å². The number of hydrogen-bond acceptors (Lipinski definition) is 8. The summed E-state index contributed by atoms with van der Waals surface area (Å²) in [5.74, 6) is -3.44. The number of ether oxygens (including phenoxy) is 2. The minimum Gasteiger partial charge on any atom is -0.550 e. The molecule has 1 radical (unpaired) electrons. The molecule has 0 aromatic rings. The van der Waals surface area contributed by atoms with Crippen LogP contribution in [0.4, 0.5) is 0 Å². The van der Waals surface area contributed by atoms with Gasteiger partial charge in [0.25, 0.3) is 0 Å². The van der Waals surface area contributed by atoms with Gasteiger partial charge in [0, 0.05) is 11.9 Å². The van der Waals surface area contributed by atoms with Crippen LogP contribution in [0, 0.1) is 0 Å². The van der Waals surface area contributed by atoms with Gasteiger partial charge in [-0.3, -0.25) is 9.59 Å². The van der Waals surface area contributed by atoms with E-state index in [2.05, 4.69) is 9.47 Å². The Bertz CT molecular complexity index is 297. The topological polar surface area (TPSA) is 133 Å². The zero-order valence-electron chi connectivity index (χ0n) is 11.8. The quantitative estimate of drug-likeness (QED) is 0.367. The third kappa shape index (κ3) is 23.9. The van der Waals surface area contributed by atoms with Gasteiger partial charge in [0.05, 0.1) is 26.1 Å². The molecule has 0 heterocycles. The van der Waals surface area contributed by atoms with E-state index in [1.165, 1.54) is 0 Å². The second-order valence-electron chi connectivity index (χ2n) is 3.35. The van der Waals surface area contributed by atoms with E-state index in [0.717, 1.165) is 0 Å². The van der Waals surface area contributed by atoms with Crippen LogP contribution in [-0.2, 0) is 45.7 Å². The first-order valence-corrected chi connectivity index (χ1v) is 6.04. The Balaban J connectivity index is -0.000000295. The van der Waals surface area contributed by atoms with Crippen LogP contribution in [0.25, 0.3) is 0 Å². The Labute approximate surface area is 133 Å². The summed E-state index contributed by atoms with van der Waals surface area (Å²) in [5, 5.41) is 19.6. The molecule has 0 atom stereocenters. The number of esters is 2. The number of carbonyl (C=O) groups excluding carboxylic acids is 4. The summed E-state index contributed by atoms with van der Waals surface area (Å²) < 4.78 is 8.92. The molecule has 0 unspecified atom stereocenters. The molecule has 0 spiro atoms. The van der Waals surface area contributed by atoms with Gasteiger partial charge in [-0.25, -0.2) is 0 Å². The zero-order chi connectivity index (χ0) is 16.0. The van der Waals surface area contributed by atoms with E-state index in [-0.39, 0.29) is 56.0 Å². The van der Waals surface area contributed by atoms with Crippen molar-refractivity contribution < 1.29 is 55.9 Å². The number of rotatable bonds is 8. The molecule has 0 fully saturated rings. The van der Waals surface area contributed by atoms with Gasteiger partial charge in [-0.15, -0.1) is 0 Å². The van der Waals surface area contributed by atoms with Gasteiger partial charge in [-0.05, 0) is 26.7 Å². The van der Waals surface area contributed by atoms with Crippen LogP contribution in [0.5, 0.6) is 0 Å². The molecule has 0 aliphatic rings. The van der Waals surface area contributed by atoms with Gasteiger partial charge < -0.3 is 29.3 Å². The molecule has 21 heavy (non-hydrogen) atoms. The Morgan fingerprint density at radius 2 is 1.00 bits per heavy atom. The minimum absolute atomic E-state index is 0. The first kappa shape index (κ1) is 24.4. The summed E-state index contributed by atoms with van der Waals surface area (Å²) in [4.78, 5) is 40.4. The van der Waals surface area contributed by atoms with Crippen molar-refractivity contribution in [3.05, 3.63) is 0 Å². The third-order valence-electron chi connectivity index (χ3n) is 1.68. The van der Waals surface area contributed by atoms with Crippen molar-refractivity contribution in [2.75, 3.05) is 13.2 Å². The smallest absolute Gasteiger partial charge is 0.550 e. The van der Waals surface area contributed by atoms with Crippen molar-refractivity contribution in [2.45, 2.75) is 39.5 Å². The predicted molar refractivity (Wildman–Crippen MR) is 61.7 cm³/mol. The SMILES string of the molecule is CCOC(=O)CCC(=O)[O-].CCOC(=O)CCC(=O)[O-].[Cu+2]. The molecule has 0 bridgehead atoms. The second kappa shape index (κ2) is 16.5. The summed E-state index contributed by atoms with van der Waals surface area (Å²) in [6.07, 6.45) is -0.732. The molecule has 0 amide bonds. The van der Waals surface area contributed by atoms with Gasteiger partial charge >= 0.3 is 29.0 Å². The van der Waals surface area contributed by atoms with E-state index in [1.54, 1.807) is 13.8 Å². The summed E-state index contributed by atoms with van der Waals surface area (Å²) in [5.41, 5.74) is 0. The average molecular weight is 354 g/mol. The van der Waals surface area contributed by atoms with E-state index >= 15 is 0 Å². The molecule has 0 rings (SSSR count). The molecule has 9 heteroatoms. The molecular weight excluding hydrogens is 336 g/mol. The summed E-state index contributed by atoms with van der Waals surface area (Å²) in [6.45, 7) is 3.89. The maximum absolute atomic E-state index is 10.4. The van der Waals surface area contributed by atoms with Gasteiger partial charge in [0.15, 0.2) is 0 Å². The standard InChI is InChI=1S/2C6H10O4.Cu/c2*1-2-10-6(9)4-3-5(7)8;/h2*2-4H2,1H3,(H,7,8);/q;;+2/p-2.